The van der Waals surface area contributed by atoms with E-state index in [9.17, 15) is 17.6 Å². The average molecular weight is 303 g/mol. The predicted molar refractivity (Wildman–Crippen MR) is 69.8 cm³/mol. The van der Waals surface area contributed by atoms with E-state index in [2.05, 4.69) is 0 Å². The summed E-state index contributed by atoms with van der Waals surface area (Å²) in [6.45, 7) is 2.76. The highest BCUT2D eigenvalue weighted by Gasteiger charge is 2.40. The summed E-state index contributed by atoms with van der Waals surface area (Å²) in [5.74, 6) is -0.471. The van der Waals surface area contributed by atoms with E-state index in [1.807, 2.05) is 0 Å². The van der Waals surface area contributed by atoms with Crippen molar-refractivity contribution in [3.05, 3.63) is 29.6 Å². The lowest BCUT2D eigenvalue weighted by Crippen LogP contribution is -2.34. The van der Waals surface area contributed by atoms with Crippen LogP contribution in [0.5, 0.6) is 0 Å². The van der Waals surface area contributed by atoms with E-state index in [1.165, 1.54) is 19.1 Å². The summed E-state index contributed by atoms with van der Waals surface area (Å²) in [5, 5.41) is -1.24. The number of anilines is 1. The Kier molecular flexibility index (Phi) is 3.70. The van der Waals surface area contributed by atoms with Crippen molar-refractivity contribution in [3.8, 4) is 0 Å². The van der Waals surface area contributed by atoms with Crippen LogP contribution < -0.4 is 4.90 Å². The van der Waals surface area contributed by atoms with Gasteiger partial charge in [-0.25, -0.2) is 9.18 Å². The van der Waals surface area contributed by atoms with Crippen molar-refractivity contribution in [2.75, 3.05) is 11.4 Å². The zero-order valence-electron chi connectivity index (χ0n) is 10.9. The van der Waals surface area contributed by atoms with Crippen LogP contribution in [0.3, 0.4) is 0 Å². The van der Waals surface area contributed by atoms with Gasteiger partial charge in [0.05, 0.1) is 12.2 Å². The molecule has 0 aromatic heterocycles. The lowest BCUT2D eigenvalue weighted by Gasteiger charge is -2.15. The summed E-state index contributed by atoms with van der Waals surface area (Å²) >= 11 is 0. The van der Waals surface area contributed by atoms with E-state index < -0.39 is 33.4 Å². The van der Waals surface area contributed by atoms with Gasteiger partial charge in [0.15, 0.2) is 0 Å². The molecule has 0 spiro atoms. The Bertz CT molecular complexity index is 645. The summed E-state index contributed by atoms with van der Waals surface area (Å²) in [6, 6.07) is 4.23. The Morgan fingerprint density at radius 1 is 1.50 bits per heavy atom. The van der Waals surface area contributed by atoms with Crippen LogP contribution in [0.25, 0.3) is 0 Å². The summed E-state index contributed by atoms with van der Waals surface area (Å²) in [5.41, 5.74) is 0.715. The first-order valence-corrected chi connectivity index (χ1v) is 7.41. The van der Waals surface area contributed by atoms with Crippen LogP contribution in [-0.4, -0.2) is 37.0 Å². The Balaban J connectivity index is 2.23. The number of halogens is 1. The molecule has 1 N–H and O–H groups in total. The number of hydrogen-bond donors (Lipinski definition) is 1. The second-order valence-electron chi connectivity index (χ2n) is 4.69. The van der Waals surface area contributed by atoms with Crippen LogP contribution in [0.4, 0.5) is 14.9 Å². The summed E-state index contributed by atoms with van der Waals surface area (Å²) < 4.78 is 49.5. The fourth-order valence-electron chi connectivity index (χ4n) is 1.88. The molecule has 20 heavy (non-hydrogen) atoms. The van der Waals surface area contributed by atoms with Gasteiger partial charge in [-0.15, -0.1) is 0 Å². The van der Waals surface area contributed by atoms with Gasteiger partial charge in [0, 0.05) is 0 Å². The van der Waals surface area contributed by atoms with Gasteiger partial charge >= 0.3 is 6.09 Å². The standard InChI is InChI=1S/C12H14FNO5S/c1-7-3-4-9(5-10(7)13)14-6-11(19-12(14)15)8(2)20(16,17)18/h3-5,8,11H,6H2,1-2H3,(H,16,17,18)/t8-,11-/m0/s1. The third-order valence-corrected chi connectivity index (χ3v) is 4.54. The highest BCUT2D eigenvalue weighted by molar-refractivity contribution is 7.86. The minimum atomic E-state index is -4.31. The highest BCUT2D eigenvalue weighted by Crippen LogP contribution is 2.26. The molecule has 2 rings (SSSR count). The van der Waals surface area contributed by atoms with Crippen molar-refractivity contribution in [3.63, 3.8) is 0 Å². The molecule has 1 aromatic rings. The highest BCUT2D eigenvalue weighted by atomic mass is 32.2. The number of carbonyl (C=O) groups is 1. The molecular formula is C12H14FNO5S. The van der Waals surface area contributed by atoms with Crippen molar-refractivity contribution in [1.29, 1.82) is 0 Å². The first-order chi connectivity index (χ1) is 9.20. The van der Waals surface area contributed by atoms with E-state index in [4.69, 9.17) is 9.29 Å². The van der Waals surface area contributed by atoms with Crippen molar-refractivity contribution in [2.24, 2.45) is 0 Å². The van der Waals surface area contributed by atoms with Crippen LogP contribution in [0, 0.1) is 12.7 Å². The van der Waals surface area contributed by atoms with Crippen molar-refractivity contribution >= 4 is 21.9 Å². The Morgan fingerprint density at radius 2 is 2.15 bits per heavy atom. The molecule has 1 aromatic carbocycles. The maximum Gasteiger partial charge on any atom is 0.414 e. The molecule has 1 aliphatic heterocycles. The number of benzene rings is 1. The molecule has 0 aliphatic carbocycles. The van der Waals surface area contributed by atoms with Gasteiger partial charge in [-0.3, -0.25) is 9.45 Å². The van der Waals surface area contributed by atoms with Crippen LogP contribution in [0.1, 0.15) is 12.5 Å². The van der Waals surface area contributed by atoms with E-state index in [-0.39, 0.29) is 12.2 Å². The fraction of sp³-hybridized carbons (Fsp3) is 0.417. The molecule has 1 amide bonds. The topological polar surface area (TPSA) is 83.9 Å². The minimum absolute atomic E-state index is 0.0672. The van der Waals surface area contributed by atoms with Crippen LogP contribution >= 0.6 is 0 Å². The quantitative estimate of drug-likeness (QED) is 0.860. The largest absolute Gasteiger partial charge is 0.442 e. The van der Waals surface area contributed by atoms with Gasteiger partial charge < -0.3 is 4.74 Å². The molecule has 1 saturated heterocycles. The zero-order chi connectivity index (χ0) is 15.1. The lowest BCUT2D eigenvalue weighted by atomic mass is 10.2. The third kappa shape index (κ3) is 2.75. The minimum Gasteiger partial charge on any atom is -0.442 e. The van der Waals surface area contributed by atoms with E-state index >= 15 is 0 Å². The molecule has 0 radical (unpaired) electrons. The Labute approximate surface area is 115 Å². The molecule has 1 heterocycles. The summed E-state index contributed by atoms with van der Waals surface area (Å²) in [6.07, 6.45) is -1.77. The first-order valence-electron chi connectivity index (χ1n) is 5.90. The van der Waals surface area contributed by atoms with Crippen molar-refractivity contribution in [2.45, 2.75) is 25.2 Å². The number of amides is 1. The van der Waals surface area contributed by atoms with Gasteiger partial charge in [0.2, 0.25) is 0 Å². The molecule has 0 saturated carbocycles. The number of aryl methyl sites for hydroxylation is 1. The lowest BCUT2D eigenvalue weighted by molar-refractivity contribution is 0.139. The summed E-state index contributed by atoms with van der Waals surface area (Å²) in [4.78, 5) is 12.9. The fourth-order valence-corrected chi connectivity index (χ4v) is 2.41. The van der Waals surface area contributed by atoms with Crippen LogP contribution in [0.2, 0.25) is 0 Å². The molecule has 0 unspecified atom stereocenters. The second kappa shape index (κ2) is 5.02. The smallest absolute Gasteiger partial charge is 0.414 e. The average Bonchev–Trinajstić information content (AvgIpc) is 2.72. The van der Waals surface area contributed by atoms with Gasteiger partial charge in [0.25, 0.3) is 10.1 Å². The summed E-state index contributed by atoms with van der Waals surface area (Å²) in [7, 11) is -4.31. The van der Waals surface area contributed by atoms with Gasteiger partial charge in [-0.1, -0.05) is 6.07 Å². The predicted octanol–water partition coefficient (Wildman–Crippen LogP) is 1.74. The number of rotatable bonds is 3. The molecular weight excluding hydrogens is 289 g/mol. The van der Waals surface area contributed by atoms with Gasteiger partial charge in [-0.05, 0) is 31.5 Å². The van der Waals surface area contributed by atoms with E-state index in [0.717, 1.165) is 4.90 Å². The maximum absolute atomic E-state index is 13.5. The molecule has 6 nitrogen and oxygen atoms in total. The van der Waals surface area contributed by atoms with Gasteiger partial charge in [-0.2, -0.15) is 8.42 Å². The SMILES string of the molecule is Cc1ccc(N2C[C@@H]([C@H](C)S(=O)(=O)O)OC2=O)cc1F. The van der Waals surface area contributed by atoms with Gasteiger partial charge in [0.1, 0.15) is 17.2 Å². The number of nitrogens with zero attached hydrogens (tertiary/aromatic N) is 1. The molecule has 0 bridgehead atoms. The van der Waals surface area contributed by atoms with Crippen molar-refractivity contribution < 1.29 is 26.9 Å². The van der Waals surface area contributed by atoms with Crippen molar-refractivity contribution in [1.82, 2.24) is 0 Å². The monoisotopic (exact) mass is 303 g/mol. The number of hydrogen-bond acceptors (Lipinski definition) is 4. The Morgan fingerprint density at radius 3 is 2.70 bits per heavy atom. The zero-order valence-corrected chi connectivity index (χ0v) is 11.7. The third-order valence-electron chi connectivity index (χ3n) is 3.30. The number of carbonyl (C=O) groups excluding carboxylic acids is 1. The number of cyclic esters (lactones) is 1. The first kappa shape index (κ1) is 14.7. The molecule has 8 heteroatoms. The normalized spacial score (nSPS) is 20.9. The Hall–Kier alpha value is -1.67. The molecule has 1 aliphatic rings. The molecule has 1 fully saturated rings. The van der Waals surface area contributed by atoms with E-state index in [1.54, 1.807) is 13.0 Å². The second-order valence-corrected chi connectivity index (χ2v) is 6.46. The van der Waals surface area contributed by atoms with E-state index in [0.29, 0.717) is 5.56 Å². The van der Waals surface area contributed by atoms with Crippen LogP contribution in [0.15, 0.2) is 18.2 Å². The maximum atomic E-state index is 13.5. The molecule has 2 atom stereocenters. The number of ether oxygens (including phenoxy) is 1. The molecule has 110 valence electrons. The van der Waals surface area contributed by atoms with Crippen LogP contribution in [-0.2, 0) is 14.9 Å².